The first kappa shape index (κ1) is 21.3. The molecule has 2 aromatic heterocycles. The fourth-order valence-electron chi connectivity index (χ4n) is 4.02. The number of ether oxygens (including phenoxy) is 1. The van der Waals surface area contributed by atoms with Gasteiger partial charge < -0.3 is 4.74 Å². The summed E-state index contributed by atoms with van der Waals surface area (Å²) in [7, 11) is 0. The first-order valence-electron chi connectivity index (χ1n) is 10.8. The number of hydrogen-bond donors (Lipinski definition) is 0. The molecule has 0 N–H and O–H groups in total. The summed E-state index contributed by atoms with van der Waals surface area (Å²) in [6, 6.07) is 15.3. The van der Waals surface area contributed by atoms with Gasteiger partial charge in [0.1, 0.15) is 35.3 Å². The zero-order chi connectivity index (χ0) is 22.8. The normalized spacial score (nSPS) is 13.9. The van der Waals surface area contributed by atoms with E-state index in [4.69, 9.17) is 4.74 Å². The van der Waals surface area contributed by atoms with Crippen molar-refractivity contribution in [1.29, 1.82) is 5.26 Å². The number of nitriles is 1. The van der Waals surface area contributed by atoms with Gasteiger partial charge in [-0.05, 0) is 67.9 Å². The zero-order valence-electron chi connectivity index (χ0n) is 17.8. The van der Waals surface area contributed by atoms with Crippen molar-refractivity contribution in [3.8, 4) is 27.9 Å². The molecule has 166 valence electrons. The van der Waals surface area contributed by atoms with E-state index in [9.17, 15) is 14.4 Å². The quantitative estimate of drug-likeness (QED) is 0.421. The average molecular weight is 461 g/mol. The number of aromatic nitrogens is 2. The van der Waals surface area contributed by atoms with Crippen molar-refractivity contribution in [3.05, 3.63) is 76.6 Å². The number of thiophene rings is 1. The molecule has 33 heavy (non-hydrogen) atoms. The lowest BCUT2D eigenvalue weighted by Gasteiger charge is -2.15. The summed E-state index contributed by atoms with van der Waals surface area (Å²) in [6.07, 6.45) is 3.91. The Kier molecular flexibility index (Phi) is 5.90. The van der Waals surface area contributed by atoms with Crippen LogP contribution in [0.25, 0.3) is 26.3 Å². The lowest BCUT2D eigenvalue weighted by Crippen LogP contribution is -2.25. The van der Waals surface area contributed by atoms with Crippen LogP contribution >= 0.6 is 11.3 Å². The third-order valence-electron chi connectivity index (χ3n) is 5.79. The van der Waals surface area contributed by atoms with Crippen molar-refractivity contribution in [3.63, 3.8) is 0 Å². The monoisotopic (exact) mass is 460 g/mol. The standard InChI is InChI=1S/C25H21FN4O2S/c26-19-5-3-17(4-6-19)23-14-21-24(33-23)25(31)30(16-28-21)20-7-8-22(18(13-20)15-27)32-12-11-29-9-1-2-10-29/h3-8,13-14,16H,1-2,9-12H2. The average Bonchev–Trinajstić information content (AvgIpc) is 3.51. The molecule has 2 aromatic carbocycles. The molecule has 0 unspecified atom stereocenters. The molecule has 0 bridgehead atoms. The predicted octanol–water partition coefficient (Wildman–Crippen LogP) is 4.60. The number of rotatable bonds is 6. The van der Waals surface area contributed by atoms with Crippen LogP contribution in [0.1, 0.15) is 18.4 Å². The van der Waals surface area contributed by atoms with Crippen LogP contribution in [0, 0.1) is 17.1 Å². The molecule has 0 spiro atoms. The Bertz CT molecular complexity index is 1400. The highest BCUT2D eigenvalue weighted by molar-refractivity contribution is 7.22. The third kappa shape index (κ3) is 4.38. The van der Waals surface area contributed by atoms with Gasteiger partial charge >= 0.3 is 0 Å². The van der Waals surface area contributed by atoms with Crippen LogP contribution in [0.15, 0.2) is 59.7 Å². The molecule has 4 aromatic rings. The summed E-state index contributed by atoms with van der Waals surface area (Å²) in [4.78, 5) is 20.8. The Balaban J connectivity index is 1.42. The van der Waals surface area contributed by atoms with E-state index in [1.165, 1.54) is 47.2 Å². The van der Waals surface area contributed by atoms with Crippen LogP contribution in [0.4, 0.5) is 4.39 Å². The number of nitrogens with zero attached hydrogens (tertiary/aromatic N) is 4. The first-order chi connectivity index (χ1) is 16.1. The van der Waals surface area contributed by atoms with E-state index in [1.807, 2.05) is 6.07 Å². The molecule has 0 radical (unpaired) electrons. The van der Waals surface area contributed by atoms with Crippen molar-refractivity contribution < 1.29 is 9.13 Å². The number of likely N-dealkylation sites (tertiary alicyclic amines) is 1. The highest BCUT2D eigenvalue weighted by Gasteiger charge is 2.14. The number of fused-ring (bicyclic) bond motifs is 1. The van der Waals surface area contributed by atoms with Crippen LogP contribution in [-0.4, -0.2) is 40.7 Å². The van der Waals surface area contributed by atoms with E-state index in [2.05, 4.69) is 16.0 Å². The molecule has 8 heteroatoms. The van der Waals surface area contributed by atoms with Gasteiger partial charge in [0.25, 0.3) is 5.56 Å². The number of benzene rings is 2. The molecule has 1 aliphatic rings. The summed E-state index contributed by atoms with van der Waals surface area (Å²) >= 11 is 1.32. The van der Waals surface area contributed by atoms with Gasteiger partial charge in [0, 0.05) is 11.4 Å². The molecule has 0 amide bonds. The molecule has 5 rings (SSSR count). The van der Waals surface area contributed by atoms with Crippen molar-refractivity contribution >= 4 is 21.6 Å². The summed E-state index contributed by atoms with van der Waals surface area (Å²) in [6.45, 7) is 3.54. The van der Waals surface area contributed by atoms with Crippen LogP contribution in [0.5, 0.6) is 5.75 Å². The first-order valence-corrected chi connectivity index (χ1v) is 11.6. The lowest BCUT2D eigenvalue weighted by atomic mass is 10.2. The highest BCUT2D eigenvalue weighted by atomic mass is 32.1. The molecule has 1 fully saturated rings. The van der Waals surface area contributed by atoms with Crippen molar-refractivity contribution in [2.24, 2.45) is 0 Å². The molecular formula is C25H21FN4O2S. The van der Waals surface area contributed by atoms with Gasteiger partial charge in [-0.1, -0.05) is 12.1 Å². The Morgan fingerprint density at radius 2 is 1.91 bits per heavy atom. The highest BCUT2D eigenvalue weighted by Crippen LogP contribution is 2.31. The fourth-order valence-corrected chi connectivity index (χ4v) is 5.07. The topological polar surface area (TPSA) is 71.1 Å². The number of halogens is 1. The van der Waals surface area contributed by atoms with Crippen LogP contribution < -0.4 is 10.3 Å². The molecule has 1 saturated heterocycles. The maximum Gasteiger partial charge on any atom is 0.275 e. The molecule has 0 atom stereocenters. The number of hydrogen-bond acceptors (Lipinski definition) is 6. The van der Waals surface area contributed by atoms with Gasteiger partial charge in [-0.3, -0.25) is 14.3 Å². The Morgan fingerprint density at radius 1 is 1.12 bits per heavy atom. The van der Waals surface area contributed by atoms with E-state index in [-0.39, 0.29) is 11.4 Å². The molecule has 3 heterocycles. The Hall–Kier alpha value is -3.54. The van der Waals surface area contributed by atoms with Crippen LogP contribution in [0.2, 0.25) is 0 Å². The maximum absolute atomic E-state index is 13.2. The summed E-state index contributed by atoms with van der Waals surface area (Å²) in [5.74, 6) is 0.203. The summed E-state index contributed by atoms with van der Waals surface area (Å²) in [5, 5.41) is 9.62. The zero-order valence-corrected chi connectivity index (χ0v) is 18.6. The van der Waals surface area contributed by atoms with E-state index in [0.29, 0.717) is 33.8 Å². The van der Waals surface area contributed by atoms with Crippen LogP contribution in [-0.2, 0) is 0 Å². The lowest BCUT2D eigenvalue weighted by molar-refractivity contribution is 0.237. The molecule has 1 aliphatic heterocycles. The van der Waals surface area contributed by atoms with Crippen molar-refractivity contribution in [2.75, 3.05) is 26.2 Å². The van der Waals surface area contributed by atoms with E-state index in [0.717, 1.165) is 30.1 Å². The minimum atomic E-state index is -0.308. The van der Waals surface area contributed by atoms with E-state index >= 15 is 0 Å². The van der Waals surface area contributed by atoms with Gasteiger partial charge in [-0.25, -0.2) is 9.37 Å². The molecule has 0 aliphatic carbocycles. The summed E-state index contributed by atoms with van der Waals surface area (Å²) in [5.41, 5.74) is 2.12. The predicted molar refractivity (Wildman–Crippen MR) is 126 cm³/mol. The van der Waals surface area contributed by atoms with Gasteiger partial charge in [0.15, 0.2) is 0 Å². The van der Waals surface area contributed by atoms with Gasteiger partial charge in [-0.15, -0.1) is 11.3 Å². The smallest absolute Gasteiger partial charge is 0.275 e. The third-order valence-corrected chi connectivity index (χ3v) is 6.95. The van der Waals surface area contributed by atoms with E-state index < -0.39 is 0 Å². The second kappa shape index (κ2) is 9.14. The van der Waals surface area contributed by atoms with Crippen molar-refractivity contribution in [2.45, 2.75) is 12.8 Å². The van der Waals surface area contributed by atoms with Crippen LogP contribution in [0.3, 0.4) is 0 Å². The Morgan fingerprint density at radius 3 is 2.67 bits per heavy atom. The largest absolute Gasteiger partial charge is 0.491 e. The molecule has 0 saturated carbocycles. The van der Waals surface area contributed by atoms with Gasteiger partial charge in [0.2, 0.25) is 0 Å². The maximum atomic E-state index is 13.2. The van der Waals surface area contributed by atoms with Gasteiger partial charge in [-0.2, -0.15) is 5.26 Å². The fraction of sp³-hybridized carbons (Fsp3) is 0.240. The minimum absolute atomic E-state index is 0.218. The molecular weight excluding hydrogens is 439 g/mol. The Labute approximate surface area is 194 Å². The molecule has 6 nitrogen and oxygen atoms in total. The van der Waals surface area contributed by atoms with E-state index in [1.54, 1.807) is 30.3 Å². The second-order valence-corrected chi connectivity index (χ2v) is 8.99. The summed E-state index contributed by atoms with van der Waals surface area (Å²) < 4.78 is 21.0. The SMILES string of the molecule is N#Cc1cc(-n2cnc3cc(-c4ccc(F)cc4)sc3c2=O)ccc1OCCN1CCCC1. The minimum Gasteiger partial charge on any atom is -0.491 e. The second-order valence-electron chi connectivity index (χ2n) is 7.94. The van der Waals surface area contributed by atoms with Gasteiger partial charge in [0.05, 0.1) is 16.8 Å². The van der Waals surface area contributed by atoms with Crippen molar-refractivity contribution in [1.82, 2.24) is 14.5 Å².